The van der Waals surface area contributed by atoms with Crippen molar-refractivity contribution in [3.63, 3.8) is 0 Å². The third kappa shape index (κ3) is 4.08. The van der Waals surface area contributed by atoms with E-state index in [2.05, 4.69) is 4.90 Å². The molecule has 1 amide bonds. The third-order valence-corrected chi connectivity index (χ3v) is 6.09. The van der Waals surface area contributed by atoms with Crippen LogP contribution in [-0.4, -0.2) is 42.9 Å². The number of hydrogen-bond acceptors (Lipinski definition) is 2. The van der Waals surface area contributed by atoms with Gasteiger partial charge in [0.1, 0.15) is 5.67 Å². The smallest absolute Gasteiger partial charge is 0.225 e. The second-order valence-corrected chi connectivity index (χ2v) is 7.94. The van der Waals surface area contributed by atoms with Crippen LogP contribution in [0.15, 0.2) is 12.1 Å². The number of benzene rings is 1. The molecule has 25 heavy (non-hydrogen) atoms. The van der Waals surface area contributed by atoms with Crippen LogP contribution in [0.3, 0.4) is 0 Å². The lowest BCUT2D eigenvalue weighted by molar-refractivity contribution is -0.142. The average molecular weight is 410 g/mol. The Labute approximate surface area is 164 Å². The standard InChI is InChI=1S/C18H23Cl2FN2O.ClH/c1-22(2)17(24)13-9-18(21,10-13)14-6-5-12(15(19)16(14)20)11-23-7-3-4-8-23;/h5-6,13H,3-4,7-11H2,1-2H3;1H. The van der Waals surface area contributed by atoms with E-state index < -0.39 is 5.67 Å². The molecule has 1 aromatic rings. The first kappa shape index (κ1) is 20.8. The Morgan fingerprint density at radius 1 is 1.24 bits per heavy atom. The van der Waals surface area contributed by atoms with Crippen LogP contribution >= 0.6 is 35.6 Å². The molecule has 1 saturated carbocycles. The van der Waals surface area contributed by atoms with Crippen molar-refractivity contribution in [2.24, 2.45) is 5.92 Å². The molecule has 2 fully saturated rings. The molecule has 1 saturated heterocycles. The van der Waals surface area contributed by atoms with Gasteiger partial charge in [-0.25, -0.2) is 4.39 Å². The number of amides is 1. The van der Waals surface area contributed by atoms with Crippen LogP contribution < -0.4 is 0 Å². The molecule has 1 heterocycles. The monoisotopic (exact) mass is 408 g/mol. The van der Waals surface area contributed by atoms with Gasteiger partial charge in [-0.2, -0.15) is 0 Å². The average Bonchev–Trinajstić information content (AvgIpc) is 3.01. The highest BCUT2D eigenvalue weighted by Gasteiger charge is 2.50. The maximum absolute atomic E-state index is 15.2. The van der Waals surface area contributed by atoms with Gasteiger partial charge in [-0.05, 0) is 44.3 Å². The first-order chi connectivity index (χ1) is 11.3. The minimum Gasteiger partial charge on any atom is -0.349 e. The van der Waals surface area contributed by atoms with E-state index in [1.807, 2.05) is 6.07 Å². The van der Waals surface area contributed by atoms with Gasteiger partial charge in [-0.1, -0.05) is 35.3 Å². The Kier molecular flexibility index (Phi) is 6.64. The van der Waals surface area contributed by atoms with E-state index in [1.54, 1.807) is 20.2 Å². The van der Waals surface area contributed by atoms with Crippen molar-refractivity contribution in [2.75, 3.05) is 27.2 Å². The first-order valence-corrected chi connectivity index (χ1v) is 9.17. The molecule has 3 rings (SSSR count). The molecule has 1 aliphatic heterocycles. The van der Waals surface area contributed by atoms with Crippen LogP contribution in [-0.2, 0) is 17.0 Å². The van der Waals surface area contributed by atoms with Crippen molar-refractivity contribution >= 4 is 41.5 Å². The lowest BCUT2D eigenvalue weighted by Gasteiger charge is -2.42. The zero-order valence-corrected chi connectivity index (χ0v) is 16.9. The number of carbonyl (C=O) groups is 1. The van der Waals surface area contributed by atoms with E-state index >= 15 is 4.39 Å². The number of halogens is 4. The van der Waals surface area contributed by atoms with Gasteiger partial charge < -0.3 is 4.90 Å². The van der Waals surface area contributed by atoms with Crippen molar-refractivity contribution in [3.05, 3.63) is 33.3 Å². The van der Waals surface area contributed by atoms with Gasteiger partial charge >= 0.3 is 0 Å². The van der Waals surface area contributed by atoms with E-state index in [1.165, 1.54) is 17.7 Å². The van der Waals surface area contributed by atoms with Crippen LogP contribution in [0.4, 0.5) is 4.39 Å². The topological polar surface area (TPSA) is 23.6 Å². The zero-order chi connectivity index (χ0) is 17.5. The lowest BCUT2D eigenvalue weighted by atomic mass is 9.68. The van der Waals surface area contributed by atoms with E-state index in [0.29, 0.717) is 15.6 Å². The van der Waals surface area contributed by atoms with Crippen molar-refractivity contribution in [1.29, 1.82) is 0 Å². The van der Waals surface area contributed by atoms with Gasteiger partial charge in [0.2, 0.25) is 5.91 Å². The summed E-state index contributed by atoms with van der Waals surface area (Å²) in [5, 5.41) is 0.743. The highest BCUT2D eigenvalue weighted by atomic mass is 35.5. The Balaban J connectivity index is 0.00000225. The highest BCUT2D eigenvalue weighted by Crippen LogP contribution is 2.52. The first-order valence-electron chi connectivity index (χ1n) is 8.41. The Morgan fingerprint density at radius 3 is 2.40 bits per heavy atom. The third-order valence-electron chi connectivity index (χ3n) is 5.17. The summed E-state index contributed by atoms with van der Waals surface area (Å²) in [4.78, 5) is 15.8. The van der Waals surface area contributed by atoms with Crippen LogP contribution in [0.2, 0.25) is 10.0 Å². The molecule has 0 radical (unpaired) electrons. The number of alkyl halides is 1. The fraction of sp³-hybridized carbons (Fsp3) is 0.611. The largest absolute Gasteiger partial charge is 0.349 e. The molecule has 0 spiro atoms. The van der Waals surface area contributed by atoms with Crippen LogP contribution in [0.1, 0.15) is 36.8 Å². The summed E-state index contributed by atoms with van der Waals surface area (Å²) in [5.41, 5.74) is -0.193. The number of rotatable bonds is 4. The molecule has 0 atom stereocenters. The van der Waals surface area contributed by atoms with Crippen LogP contribution in [0, 0.1) is 5.92 Å². The predicted octanol–water partition coefficient (Wildman–Crippen LogP) is 4.67. The van der Waals surface area contributed by atoms with Crippen molar-refractivity contribution in [3.8, 4) is 0 Å². The maximum Gasteiger partial charge on any atom is 0.225 e. The minimum atomic E-state index is -1.55. The van der Waals surface area contributed by atoms with E-state index in [0.717, 1.165) is 25.2 Å². The summed E-state index contributed by atoms with van der Waals surface area (Å²) in [6.07, 6.45) is 2.76. The van der Waals surface area contributed by atoms with E-state index in [-0.39, 0.29) is 37.1 Å². The van der Waals surface area contributed by atoms with Gasteiger partial charge in [0.05, 0.1) is 10.0 Å². The molecular weight excluding hydrogens is 386 g/mol. The molecule has 0 N–H and O–H groups in total. The van der Waals surface area contributed by atoms with Gasteiger partial charge in [0, 0.05) is 32.1 Å². The van der Waals surface area contributed by atoms with Gasteiger partial charge in [0.15, 0.2) is 0 Å². The summed E-state index contributed by atoms with van der Waals surface area (Å²) >= 11 is 12.8. The van der Waals surface area contributed by atoms with Crippen LogP contribution in [0.25, 0.3) is 0 Å². The second-order valence-electron chi connectivity index (χ2n) is 7.19. The van der Waals surface area contributed by atoms with Crippen molar-refractivity contribution in [1.82, 2.24) is 9.80 Å². The minimum absolute atomic E-state index is 0. The van der Waals surface area contributed by atoms with Gasteiger partial charge in [-0.3, -0.25) is 9.69 Å². The van der Waals surface area contributed by atoms with Gasteiger partial charge in [-0.15, -0.1) is 12.4 Å². The number of likely N-dealkylation sites (tertiary alicyclic amines) is 1. The summed E-state index contributed by atoms with van der Waals surface area (Å²) in [6.45, 7) is 2.88. The summed E-state index contributed by atoms with van der Waals surface area (Å²) in [6, 6.07) is 3.63. The van der Waals surface area contributed by atoms with Gasteiger partial charge in [0.25, 0.3) is 0 Å². The normalized spacial score (nSPS) is 26.0. The number of nitrogens with zero attached hydrogens (tertiary/aromatic N) is 2. The fourth-order valence-electron chi connectivity index (χ4n) is 3.72. The SMILES string of the molecule is CN(C)C(=O)C1CC(F)(c2ccc(CN3CCCC3)c(Cl)c2Cl)C1.Cl. The number of carbonyl (C=O) groups excluding carboxylic acids is 1. The Morgan fingerprint density at radius 2 is 1.84 bits per heavy atom. The van der Waals surface area contributed by atoms with E-state index in [4.69, 9.17) is 23.2 Å². The van der Waals surface area contributed by atoms with Crippen LogP contribution in [0.5, 0.6) is 0 Å². The highest BCUT2D eigenvalue weighted by molar-refractivity contribution is 6.43. The molecule has 0 unspecified atom stereocenters. The second kappa shape index (κ2) is 7.99. The predicted molar refractivity (Wildman–Crippen MR) is 102 cm³/mol. The molecule has 2 aliphatic rings. The number of hydrogen-bond donors (Lipinski definition) is 0. The fourth-order valence-corrected chi connectivity index (χ4v) is 4.30. The quantitative estimate of drug-likeness (QED) is 0.721. The molecule has 140 valence electrons. The Bertz CT molecular complexity index is 641. The molecule has 0 aromatic heterocycles. The lowest BCUT2D eigenvalue weighted by Crippen LogP contribution is -2.45. The Hall–Kier alpha value is -0.550. The zero-order valence-electron chi connectivity index (χ0n) is 14.5. The molecule has 7 heteroatoms. The molecule has 1 aromatic carbocycles. The summed E-state index contributed by atoms with van der Waals surface area (Å²) in [5.74, 6) is -0.305. The molecular formula is C18H24Cl3FN2O. The van der Waals surface area contributed by atoms with Crippen molar-refractivity contribution in [2.45, 2.75) is 37.9 Å². The summed E-state index contributed by atoms with van der Waals surface area (Å²) < 4.78 is 15.2. The molecule has 0 bridgehead atoms. The van der Waals surface area contributed by atoms with E-state index in [9.17, 15) is 4.79 Å². The van der Waals surface area contributed by atoms with Crippen molar-refractivity contribution < 1.29 is 9.18 Å². The molecule has 1 aliphatic carbocycles. The maximum atomic E-state index is 15.2. The molecule has 3 nitrogen and oxygen atoms in total. The summed E-state index contributed by atoms with van der Waals surface area (Å²) in [7, 11) is 3.38.